The molecule has 0 saturated carbocycles. The Kier molecular flexibility index (Phi) is 6.23. The molecule has 18 heavy (non-hydrogen) atoms. The van der Waals surface area contributed by atoms with E-state index in [1.165, 1.54) is 6.20 Å². The lowest BCUT2D eigenvalue weighted by atomic mass is 10.3. The predicted octanol–water partition coefficient (Wildman–Crippen LogP) is 2.81. The molecule has 1 heterocycles. The minimum Gasteiger partial charge on any atom is -0.310 e. The summed E-state index contributed by atoms with van der Waals surface area (Å²) in [6.07, 6.45) is 3.71. The first-order valence-electron chi connectivity index (χ1n) is 5.96. The van der Waals surface area contributed by atoms with Gasteiger partial charge < -0.3 is 5.32 Å². The highest BCUT2D eigenvalue weighted by molar-refractivity contribution is 8.00. The number of hydrogen-bond acceptors (Lipinski definition) is 4. The van der Waals surface area contributed by atoms with Gasteiger partial charge in [0.25, 0.3) is 0 Å². The first kappa shape index (κ1) is 14.5. The molecule has 0 spiro atoms. The maximum Gasteiger partial charge on any atom is 0.238 e. The van der Waals surface area contributed by atoms with Gasteiger partial charge in [0.15, 0.2) is 0 Å². The lowest BCUT2D eigenvalue weighted by Gasteiger charge is -2.11. The Hall–Kier alpha value is -1.54. The summed E-state index contributed by atoms with van der Waals surface area (Å²) in [6.45, 7) is 4.02. The van der Waals surface area contributed by atoms with Crippen molar-refractivity contribution in [3.63, 3.8) is 0 Å². The SMILES string of the molecule is CCCCSC(C)C(=O)Nc1ccc(C#N)cn1. The van der Waals surface area contributed by atoms with E-state index in [0.717, 1.165) is 18.6 Å². The summed E-state index contributed by atoms with van der Waals surface area (Å²) in [4.78, 5) is 15.8. The second-order valence-corrected chi connectivity index (χ2v) is 5.35. The fraction of sp³-hybridized carbons (Fsp3) is 0.462. The second kappa shape index (κ2) is 7.72. The summed E-state index contributed by atoms with van der Waals surface area (Å²) in [5.74, 6) is 1.43. The molecular formula is C13H17N3OS. The minimum atomic E-state index is -0.0889. The molecule has 4 nitrogen and oxygen atoms in total. The molecule has 0 aliphatic carbocycles. The number of nitrogens with one attached hydrogen (secondary N) is 1. The lowest BCUT2D eigenvalue weighted by Crippen LogP contribution is -2.23. The number of rotatable bonds is 6. The van der Waals surface area contributed by atoms with Gasteiger partial charge in [0.05, 0.1) is 10.8 Å². The fourth-order valence-electron chi connectivity index (χ4n) is 1.24. The van der Waals surface area contributed by atoms with Crippen molar-refractivity contribution < 1.29 is 4.79 Å². The Morgan fingerprint density at radius 2 is 2.39 bits per heavy atom. The van der Waals surface area contributed by atoms with Crippen LogP contribution in [0.2, 0.25) is 0 Å². The van der Waals surface area contributed by atoms with Crippen LogP contribution in [0.5, 0.6) is 0 Å². The summed E-state index contributed by atoms with van der Waals surface area (Å²) < 4.78 is 0. The van der Waals surface area contributed by atoms with Gasteiger partial charge in [-0.1, -0.05) is 13.3 Å². The van der Waals surface area contributed by atoms with E-state index >= 15 is 0 Å². The van der Waals surface area contributed by atoms with Gasteiger partial charge in [-0.25, -0.2) is 4.98 Å². The highest BCUT2D eigenvalue weighted by atomic mass is 32.2. The molecule has 0 bridgehead atoms. The third-order valence-electron chi connectivity index (χ3n) is 2.38. The van der Waals surface area contributed by atoms with Crippen LogP contribution in [-0.2, 0) is 4.79 Å². The Bertz CT molecular complexity index is 425. The standard InChI is InChI=1S/C13H17N3OS/c1-3-4-7-18-10(2)13(17)16-12-6-5-11(8-14)9-15-12/h5-6,9-10H,3-4,7H2,1-2H3,(H,15,16,17). The maximum absolute atomic E-state index is 11.8. The number of amides is 1. The molecule has 0 saturated heterocycles. The number of carbonyl (C=O) groups is 1. The average molecular weight is 263 g/mol. The van der Waals surface area contributed by atoms with E-state index in [0.29, 0.717) is 11.4 Å². The maximum atomic E-state index is 11.8. The Balaban J connectivity index is 2.45. The van der Waals surface area contributed by atoms with E-state index in [1.54, 1.807) is 23.9 Å². The largest absolute Gasteiger partial charge is 0.310 e. The van der Waals surface area contributed by atoms with Crippen LogP contribution < -0.4 is 5.32 Å². The van der Waals surface area contributed by atoms with Crippen LogP contribution in [0.1, 0.15) is 32.3 Å². The summed E-state index contributed by atoms with van der Waals surface area (Å²) in [7, 11) is 0. The van der Waals surface area contributed by atoms with E-state index in [-0.39, 0.29) is 11.2 Å². The van der Waals surface area contributed by atoms with Gasteiger partial charge in [-0.3, -0.25) is 4.79 Å². The van der Waals surface area contributed by atoms with Gasteiger partial charge >= 0.3 is 0 Å². The summed E-state index contributed by atoms with van der Waals surface area (Å²) in [5, 5.41) is 11.3. The van der Waals surface area contributed by atoms with Gasteiger partial charge in [0, 0.05) is 6.20 Å². The molecule has 0 radical (unpaired) electrons. The van der Waals surface area contributed by atoms with Crippen molar-refractivity contribution in [1.29, 1.82) is 5.26 Å². The zero-order chi connectivity index (χ0) is 13.4. The molecule has 0 aliphatic rings. The summed E-state index contributed by atoms with van der Waals surface area (Å²) in [5.41, 5.74) is 0.485. The third kappa shape index (κ3) is 4.76. The average Bonchev–Trinajstić information content (AvgIpc) is 2.39. The van der Waals surface area contributed by atoms with E-state index in [9.17, 15) is 4.79 Å². The van der Waals surface area contributed by atoms with Gasteiger partial charge in [-0.2, -0.15) is 5.26 Å². The molecule has 1 aromatic rings. The van der Waals surface area contributed by atoms with Crippen LogP contribution in [0, 0.1) is 11.3 Å². The lowest BCUT2D eigenvalue weighted by molar-refractivity contribution is -0.115. The first-order valence-corrected chi connectivity index (χ1v) is 7.01. The molecule has 1 rings (SSSR count). The van der Waals surface area contributed by atoms with Gasteiger partial charge in [-0.05, 0) is 31.2 Å². The quantitative estimate of drug-likeness (QED) is 0.801. The van der Waals surface area contributed by atoms with E-state index < -0.39 is 0 Å². The van der Waals surface area contributed by atoms with Crippen LogP contribution in [0.15, 0.2) is 18.3 Å². The molecule has 1 unspecified atom stereocenters. The van der Waals surface area contributed by atoms with Crippen LogP contribution in [0.3, 0.4) is 0 Å². The Labute approximate surface area is 112 Å². The molecular weight excluding hydrogens is 246 g/mol. The molecule has 5 heteroatoms. The zero-order valence-corrected chi connectivity index (χ0v) is 11.5. The molecule has 0 aliphatic heterocycles. The van der Waals surface area contributed by atoms with E-state index in [4.69, 9.17) is 5.26 Å². The van der Waals surface area contributed by atoms with E-state index in [2.05, 4.69) is 17.2 Å². The Morgan fingerprint density at radius 1 is 1.61 bits per heavy atom. The van der Waals surface area contributed by atoms with Crippen molar-refractivity contribution in [2.24, 2.45) is 0 Å². The summed E-state index contributed by atoms with van der Waals surface area (Å²) in [6, 6.07) is 5.26. The van der Waals surface area contributed by atoms with Crippen molar-refractivity contribution in [3.8, 4) is 6.07 Å². The molecule has 0 fully saturated rings. The number of nitrogens with zero attached hydrogens (tertiary/aromatic N) is 2. The molecule has 1 aromatic heterocycles. The summed E-state index contributed by atoms with van der Waals surface area (Å²) >= 11 is 1.64. The van der Waals surface area contributed by atoms with Crippen LogP contribution >= 0.6 is 11.8 Å². The molecule has 0 aromatic carbocycles. The number of nitriles is 1. The van der Waals surface area contributed by atoms with Crippen LogP contribution in [-0.4, -0.2) is 21.9 Å². The van der Waals surface area contributed by atoms with Gasteiger partial charge in [-0.15, -0.1) is 11.8 Å². The third-order valence-corrected chi connectivity index (χ3v) is 3.62. The zero-order valence-electron chi connectivity index (χ0n) is 10.6. The van der Waals surface area contributed by atoms with Gasteiger partial charge in [0.2, 0.25) is 5.91 Å². The predicted molar refractivity (Wildman–Crippen MR) is 74.4 cm³/mol. The van der Waals surface area contributed by atoms with Crippen molar-refractivity contribution in [1.82, 2.24) is 4.98 Å². The number of thioether (sulfide) groups is 1. The van der Waals surface area contributed by atoms with Gasteiger partial charge in [0.1, 0.15) is 11.9 Å². The number of hydrogen-bond donors (Lipinski definition) is 1. The highest BCUT2D eigenvalue weighted by Gasteiger charge is 2.13. The van der Waals surface area contributed by atoms with Crippen molar-refractivity contribution in [2.45, 2.75) is 31.9 Å². The molecule has 1 atom stereocenters. The number of carbonyl (C=O) groups excluding carboxylic acids is 1. The topological polar surface area (TPSA) is 65.8 Å². The minimum absolute atomic E-state index is 0.0479. The molecule has 1 N–H and O–H groups in total. The molecule has 1 amide bonds. The van der Waals surface area contributed by atoms with E-state index in [1.807, 2.05) is 13.0 Å². The number of pyridine rings is 1. The number of aromatic nitrogens is 1. The van der Waals surface area contributed by atoms with Crippen molar-refractivity contribution in [3.05, 3.63) is 23.9 Å². The monoisotopic (exact) mass is 263 g/mol. The number of anilines is 1. The number of unbranched alkanes of at least 4 members (excludes halogenated alkanes) is 1. The smallest absolute Gasteiger partial charge is 0.238 e. The fourth-order valence-corrected chi connectivity index (χ4v) is 2.26. The Morgan fingerprint density at radius 3 is 2.94 bits per heavy atom. The van der Waals surface area contributed by atoms with Crippen LogP contribution in [0.4, 0.5) is 5.82 Å². The second-order valence-electron chi connectivity index (χ2n) is 3.90. The highest BCUT2D eigenvalue weighted by Crippen LogP contribution is 2.14. The van der Waals surface area contributed by atoms with Crippen molar-refractivity contribution in [2.75, 3.05) is 11.1 Å². The first-order chi connectivity index (χ1) is 8.67. The normalized spacial score (nSPS) is 11.6. The molecule has 96 valence electrons. The van der Waals surface area contributed by atoms with Crippen molar-refractivity contribution >= 4 is 23.5 Å². The van der Waals surface area contributed by atoms with Crippen LogP contribution in [0.25, 0.3) is 0 Å².